The van der Waals surface area contributed by atoms with Gasteiger partial charge in [-0.05, 0) is 18.9 Å². The summed E-state index contributed by atoms with van der Waals surface area (Å²) in [7, 11) is 0. The number of aromatic nitrogens is 1. The molecule has 0 bridgehead atoms. The highest BCUT2D eigenvalue weighted by molar-refractivity contribution is 5.17. The van der Waals surface area contributed by atoms with Gasteiger partial charge in [0.25, 0.3) is 5.56 Å². The molecule has 0 saturated heterocycles. The van der Waals surface area contributed by atoms with Gasteiger partial charge in [-0.2, -0.15) is 0 Å². The first-order valence-corrected chi connectivity index (χ1v) is 6.61. The number of nitrogens with zero attached hydrogens (tertiary/aromatic N) is 1. The van der Waals surface area contributed by atoms with E-state index in [1.807, 2.05) is 12.3 Å². The Labute approximate surface area is 103 Å². The average Bonchev–Trinajstić information content (AvgIpc) is 2.34. The third kappa shape index (κ3) is 5.07. The summed E-state index contributed by atoms with van der Waals surface area (Å²) in [5.74, 6) is 0.693. The summed E-state index contributed by atoms with van der Waals surface area (Å²) in [6.07, 6.45) is 7.37. The van der Waals surface area contributed by atoms with E-state index in [1.165, 1.54) is 12.8 Å². The fraction of sp³-hybridized carbons (Fsp3) is 0.643. The van der Waals surface area contributed by atoms with E-state index in [0.717, 1.165) is 25.8 Å². The fourth-order valence-corrected chi connectivity index (χ4v) is 1.63. The number of aryl methyl sites for hydroxylation is 1. The second-order valence-corrected chi connectivity index (χ2v) is 4.30. The summed E-state index contributed by atoms with van der Waals surface area (Å²) in [6.45, 7) is 5.78. The molecule has 0 amide bonds. The van der Waals surface area contributed by atoms with Crippen molar-refractivity contribution in [3.05, 3.63) is 28.7 Å². The van der Waals surface area contributed by atoms with E-state index in [2.05, 4.69) is 13.8 Å². The van der Waals surface area contributed by atoms with Crippen molar-refractivity contribution in [2.45, 2.75) is 52.5 Å². The maximum atomic E-state index is 11.7. The quantitative estimate of drug-likeness (QED) is 0.650. The molecule has 0 aromatic carbocycles. The SMILES string of the molecule is CCCCCOc1ccn(CCCC)c(=O)c1. The number of hydrogen-bond acceptors (Lipinski definition) is 2. The minimum Gasteiger partial charge on any atom is -0.493 e. The van der Waals surface area contributed by atoms with Gasteiger partial charge >= 0.3 is 0 Å². The molecular weight excluding hydrogens is 214 g/mol. The third-order valence-electron chi connectivity index (χ3n) is 2.74. The van der Waals surface area contributed by atoms with E-state index in [1.54, 1.807) is 10.6 Å². The largest absolute Gasteiger partial charge is 0.493 e. The predicted molar refractivity (Wildman–Crippen MR) is 70.6 cm³/mol. The first kappa shape index (κ1) is 13.8. The van der Waals surface area contributed by atoms with Crippen molar-refractivity contribution >= 4 is 0 Å². The van der Waals surface area contributed by atoms with Crippen molar-refractivity contribution < 1.29 is 4.74 Å². The number of pyridine rings is 1. The lowest BCUT2D eigenvalue weighted by atomic mass is 10.3. The van der Waals surface area contributed by atoms with Gasteiger partial charge in [0, 0.05) is 18.8 Å². The molecule has 0 atom stereocenters. The molecule has 0 radical (unpaired) electrons. The van der Waals surface area contributed by atoms with Crippen LogP contribution in [0, 0.1) is 0 Å². The van der Waals surface area contributed by atoms with Crippen molar-refractivity contribution in [2.24, 2.45) is 0 Å². The van der Waals surface area contributed by atoms with Crippen LogP contribution in [0.1, 0.15) is 46.0 Å². The predicted octanol–water partition coefficient (Wildman–Crippen LogP) is 3.22. The molecule has 96 valence electrons. The van der Waals surface area contributed by atoms with Crippen LogP contribution in [0.2, 0.25) is 0 Å². The average molecular weight is 237 g/mol. The summed E-state index contributed by atoms with van der Waals surface area (Å²) in [5, 5.41) is 0. The Morgan fingerprint density at radius 3 is 2.59 bits per heavy atom. The molecule has 3 heteroatoms. The van der Waals surface area contributed by atoms with Gasteiger partial charge < -0.3 is 9.30 Å². The van der Waals surface area contributed by atoms with Crippen LogP contribution in [0.3, 0.4) is 0 Å². The van der Waals surface area contributed by atoms with E-state index < -0.39 is 0 Å². The standard InChI is InChI=1S/C14H23NO2/c1-3-5-7-11-17-13-8-10-15(9-6-4-2)14(16)12-13/h8,10,12H,3-7,9,11H2,1-2H3. The van der Waals surface area contributed by atoms with Gasteiger partial charge in [-0.3, -0.25) is 4.79 Å². The molecule has 0 aliphatic carbocycles. The highest BCUT2D eigenvalue weighted by Gasteiger charge is 1.99. The van der Waals surface area contributed by atoms with Crippen molar-refractivity contribution in [1.82, 2.24) is 4.57 Å². The number of unbranched alkanes of at least 4 members (excludes halogenated alkanes) is 3. The summed E-state index contributed by atoms with van der Waals surface area (Å²) in [6, 6.07) is 3.46. The Morgan fingerprint density at radius 2 is 1.94 bits per heavy atom. The maximum absolute atomic E-state index is 11.7. The summed E-state index contributed by atoms with van der Waals surface area (Å²) in [5.41, 5.74) is 0.0337. The zero-order valence-electron chi connectivity index (χ0n) is 10.9. The first-order valence-electron chi connectivity index (χ1n) is 6.61. The van der Waals surface area contributed by atoms with Gasteiger partial charge in [0.2, 0.25) is 0 Å². The molecule has 1 rings (SSSR count). The third-order valence-corrected chi connectivity index (χ3v) is 2.74. The molecule has 0 spiro atoms. The van der Waals surface area contributed by atoms with E-state index >= 15 is 0 Å². The van der Waals surface area contributed by atoms with Crippen LogP contribution in [0.5, 0.6) is 5.75 Å². The molecular formula is C14H23NO2. The molecule has 17 heavy (non-hydrogen) atoms. The van der Waals surface area contributed by atoms with Gasteiger partial charge in [-0.1, -0.05) is 33.1 Å². The smallest absolute Gasteiger partial charge is 0.254 e. The van der Waals surface area contributed by atoms with Crippen LogP contribution in [-0.2, 0) is 6.54 Å². The van der Waals surface area contributed by atoms with Crippen molar-refractivity contribution in [1.29, 1.82) is 0 Å². The fourth-order valence-electron chi connectivity index (χ4n) is 1.63. The normalized spacial score (nSPS) is 10.5. The number of rotatable bonds is 8. The lowest BCUT2D eigenvalue weighted by Crippen LogP contribution is -2.18. The van der Waals surface area contributed by atoms with Crippen molar-refractivity contribution in [2.75, 3.05) is 6.61 Å². The molecule has 0 saturated carbocycles. The molecule has 1 heterocycles. The highest BCUT2D eigenvalue weighted by atomic mass is 16.5. The van der Waals surface area contributed by atoms with Crippen LogP contribution in [0.4, 0.5) is 0 Å². The lowest BCUT2D eigenvalue weighted by molar-refractivity contribution is 0.305. The molecule has 0 fully saturated rings. The van der Waals surface area contributed by atoms with Crippen LogP contribution in [-0.4, -0.2) is 11.2 Å². The number of hydrogen-bond donors (Lipinski definition) is 0. The van der Waals surface area contributed by atoms with E-state index in [0.29, 0.717) is 12.4 Å². The van der Waals surface area contributed by atoms with Crippen LogP contribution in [0.15, 0.2) is 23.1 Å². The summed E-state index contributed by atoms with van der Waals surface area (Å²) < 4.78 is 7.27. The Morgan fingerprint density at radius 1 is 1.18 bits per heavy atom. The zero-order chi connectivity index (χ0) is 12.5. The van der Waals surface area contributed by atoms with Crippen molar-refractivity contribution in [3.8, 4) is 5.75 Å². The summed E-state index contributed by atoms with van der Waals surface area (Å²) >= 11 is 0. The Hall–Kier alpha value is -1.25. The minimum absolute atomic E-state index is 0.0337. The minimum atomic E-state index is 0.0337. The molecule has 3 nitrogen and oxygen atoms in total. The molecule has 1 aromatic heterocycles. The van der Waals surface area contributed by atoms with E-state index in [4.69, 9.17) is 4.74 Å². The lowest BCUT2D eigenvalue weighted by Gasteiger charge is -2.08. The molecule has 0 aliphatic heterocycles. The maximum Gasteiger partial charge on any atom is 0.254 e. The van der Waals surface area contributed by atoms with Crippen LogP contribution >= 0.6 is 0 Å². The molecule has 0 N–H and O–H groups in total. The second kappa shape index (κ2) is 7.93. The Balaban J connectivity index is 2.47. The van der Waals surface area contributed by atoms with Gasteiger partial charge in [0.1, 0.15) is 5.75 Å². The molecule has 0 unspecified atom stereocenters. The second-order valence-electron chi connectivity index (χ2n) is 4.30. The van der Waals surface area contributed by atoms with E-state index in [-0.39, 0.29) is 5.56 Å². The van der Waals surface area contributed by atoms with Gasteiger partial charge in [-0.25, -0.2) is 0 Å². The van der Waals surface area contributed by atoms with Crippen LogP contribution < -0.4 is 10.3 Å². The van der Waals surface area contributed by atoms with Gasteiger partial charge in [0.15, 0.2) is 0 Å². The first-order chi connectivity index (χ1) is 8.27. The topological polar surface area (TPSA) is 31.2 Å². The Kier molecular flexibility index (Phi) is 6.45. The van der Waals surface area contributed by atoms with E-state index in [9.17, 15) is 4.79 Å². The van der Waals surface area contributed by atoms with Crippen LogP contribution in [0.25, 0.3) is 0 Å². The summed E-state index contributed by atoms with van der Waals surface area (Å²) in [4.78, 5) is 11.7. The molecule has 0 aliphatic rings. The van der Waals surface area contributed by atoms with Gasteiger partial charge in [-0.15, -0.1) is 0 Å². The zero-order valence-corrected chi connectivity index (χ0v) is 10.9. The Bertz CT molecular complexity index is 371. The number of ether oxygens (including phenoxy) is 1. The monoisotopic (exact) mass is 237 g/mol. The van der Waals surface area contributed by atoms with Gasteiger partial charge in [0.05, 0.1) is 6.61 Å². The molecule has 1 aromatic rings. The van der Waals surface area contributed by atoms with Crippen molar-refractivity contribution in [3.63, 3.8) is 0 Å². The highest BCUT2D eigenvalue weighted by Crippen LogP contribution is 2.07.